The SMILES string of the molecule is Cc1cccnc1C[C@H](C)Nc1nnc(C(C)C)s1. The Kier molecular flexibility index (Phi) is 4.47. The maximum Gasteiger partial charge on any atom is 0.205 e. The zero-order valence-corrected chi connectivity index (χ0v) is 12.7. The largest absolute Gasteiger partial charge is 0.357 e. The van der Waals surface area contributed by atoms with E-state index >= 15 is 0 Å². The molecule has 2 rings (SSSR count). The maximum absolute atomic E-state index is 4.42. The maximum atomic E-state index is 4.42. The van der Waals surface area contributed by atoms with E-state index in [2.05, 4.69) is 54.3 Å². The van der Waals surface area contributed by atoms with Crippen molar-refractivity contribution in [3.63, 3.8) is 0 Å². The molecule has 2 aromatic rings. The van der Waals surface area contributed by atoms with Crippen molar-refractivity contribution < 1.29 is 0 Å². The van der Waals surface area contributed by atoms with E-state index in [4.69, 9.17) is 0 Å². The monoisotopic (exact) mass is 276 g/mol. The van der Waals surface area contributed by atoms with Crippen LogP contribution in [-0.4, -0.2) is 21.2 Å². The lowest BCUT2D eigenvalue weighted by atomic mass is 10.1. The molecular formula is C14H20N4S. The topological polar surface area (TPSA) is 50.7 Å². The molecule has 0 fully saturated rings. The van der Waals surface area contributed by atoms with Gasteiger partial charge in [0, 0.05) is 30.3 Å². The van der Waals surface area contributed by atoms with Gasteiger partial charge < -0.3 is 5.32 Å². The van der Waals surface area contributed by atoms with Gasteiger partial charge in [-0.15, -0.1) is 10.2 Å². The van der Waals surface area contributed by atoms with Crippen molar-refractivity contribution in [2.75, 3.05) is 5.32 Å². The minimum absolute atomic E-state index is 0.293. The highest BCUT2D eigenvalue weighted by Crippen LogP contribution is 2.23. The van der Waals surface area contributed by atoms with E-state index in [0.717, 1.165) is 22.3 Å². The summed E-state index contributed by atoms with van der Waals surface area (Å²) in [6.07, 6.45) is 2.74. The summed E-state index contributed by atoms with van der Waals surface area (Å²) in [4.78, 5) is 4.42. The van der Waals surface area contributed by atoms with Gasteiger partial charge in [-0.3, -0.25) is 4.98 Å². The number of hydrogen-bond donors (Lipinski definition) is 1. The van der Waals surface area contributed by atoms with Crippen LogP contribution in [0.3, 0.4) is 0 Å². The number of anilines is 1. The molecule has 102 valence electrons. The van der Waals surface area contributed by atoms with Crippen molar-refractivity contribution in [3.05, 3.63) is 34.6 Å². The molecule has 19 heavy (non-hydrogen) atoms. The van der Waals surface area contributed by atoms with E-state index in [0.29, 0.717) is 12.0 Å². The van der Waals surface area contributed by atoms with Gasteiger partial charge in [0.1, 0.15) is 5.01 Å². The van der Waals surface area contributed by atoms with Crippen molar-refractivity contribution in [2.24, 2.45) is 0 Å². The average molecular weight is 276 g/mol. The molecular weight excluding hydrogens is 256 g/mol. The van der Waals surface area contributed by atoms with Crippen molar-refractivity contribution in [2.45, 2.75) is 46.1 Å². The number of aryl methyl sites for hydroxylation is 1. The van der Waals surface area contributed by atoms with Crippen LogP contribution in [0.4, 0.5) is 5.13 Å². The van der Waals surface area contributed by atoms with Crippen molar-refractivity contribution in [1.82, 2.24) is 15.2 Å². The fourth-order valence-corrected chi connectivity index (χ4v) is 2.67. The van der Waals surface area contributed by atoms with Crippen LogP contribution in [0.15, 0.2) is 18.3 Å². The van der Waals surface area contributed by atoms with Crippen molar-refractivity contribution in [3.8, 4) is 0 Å². The van der Waals surface area contributed by atoms with Crippen LogP contribution in [0.2, 0.25) is 0 Å². The zero-order valence-electron chi connectivity index (χ0n) is 11.8. The summed E-state index contributed by atoms with van der Waals surface area (Å²) in [7, 11) is 0. The van der Waals surface area contributed by atoms with Crippen molar-refractivity contribution >= 4 is 16.5 Å². The van der Waals surface area contributed by atoms with Crippen LogP contribution in [0.1, 0.15) is 43.0 Å². The summed E-state index contributed by atoms with van der Waals surface area (Å²) >= 11 is 1.63. The Bertz CT molecular complexity index is 536. The number of nitrogens with zero attached hydrogens (tertiary/aromatic N) is 3. The molecule has 1 atom stereocenters. The first kappa shape index (κ1) is 13.9. The van der Waals surface area contributed by atoms with E-state index in [1.54, 1.807) is 11.3 Å². The summed E-state index contributed by atoms with van der Waals surface area (Å²) in [6, 6.07) is 4.36. The highest BCUT2D eigenvalue weighted by Gasteiger charge is 2.11. The second-order valence-corrected chi connectivity index (χ2v) is 6.13. The molecule has 0 saturated heterocycles. The summed E-state index contributed by atoms with van der Waals surface area (Å²) in [5.74, 6) is 0.432. The average Bonchev–Trinajstić information content (AvgIpc) is 2.80. The van der Waals surface area contributed by atoms with Crippen LogP contribution >= 0.6 is 11.3 Å². The number of hydrogen-bond acceptors (Lipinski definition) is 5. The Morgan fingerprint density at radius 3 is 2.68 bits per heavy atom. The van der Waals surface area contributed by atoms with Crippen LogP contribution in [0.5, 0.6) is 0 Å². The Morgan fingerprint density at radius 1 is 1.26 bits per heavy atom. The zero-order chi connectivity index (χ0) is 13.8. The number of aromatic nitrogens is 3. The molecule has 0 spiro atoms. The van der Waals surface area contributed by atoms with Gasteiger partial charge in [0.05, 0.1) is 0 Å². The van der Waals surface area contributed by atoms with Crippen molar-refractivity contribution in [1.29, 1.82) is 0 Å². The quantitative estimate of drug-likeness (QED) is 0.909. The second kappa shape index (κ2) is 6.10. The predicted octanol–water partition coefficient (Wildman–Crippen LogP) is 3.41. The molecule has 0 unspecified atom stereocenters. The lowest BCUT2D eigenvalue weighted by Gasteiger charge is -2.13. The Balaban J connectivity index is 1.97. The summed E-state index contributed by atoms with van der Waals surface area (Å²) in [6.45, 7) is 8.50. The third kappa shape index (κ3) is 3.73. The summed E-state index contributed by atoms with van der Waals surface area (Å²) in [5.41, 5.74) is 2.37. The molecule has 4 nitrogen and oxygen atoms in total. The first-order valence-corrected chi connectivity index (χ1v) is 7.38. The van der Waals surface area contributed by atoms with E-state index in [1.165, 1.54) is 5.56 Å². The predicted molar refractivity (Wildman–Crippen MR) is 79.8 cm³/mol. The molecule has 0 radical (unpaired) electrons. The van der Waals surface area contributed by atoms with E-state index in [9.17, 15) is 0 Å². The molecule has 2 heterocycles. The Labute approximate surface area is 118 Å². The van der Waals surface area contributed by atoms with E-state index < -0.39 is 0 Å². The Morgan fingerprint density at radius 2 is 2.05 bits per heavy atom. The number of nitrogens with one attached hydrogen (secondary N) is 1. The van der Waals surface area contributed by atoms with Gasteiger partial charge in [0.2, 0.25) is 5.13 Å². The molecule has 2 aromatic heterocycles. The molecule has 0 aliphatic carbocycles. The minimum atomic E-state index is 0.293. The highest BCUT2D eigenvalue weighted by atomic mass is 32.1. The molecule has 0 aliphatic heterocycles. The lowest BCUT2D eigenvalue weighted by Crippen LogP contribution is -2.19. The van der Waals surface area contributed by atoms with Gasteiger partial charge in [-0.05, 0) is 25.5 Å². The van der Waals surface area contributed by atoms with E-state index in [-0.39, 0.29) is 0 Å². The molecule has 0 amide bonds. The van der Waals surface area contributed by atoms with Gasteiger partial charge in [0.25, 0.3) is 0 Å². The van der Waals surface area contributed by atoms with Gasteiger partial charge in [-0.2, -0.15) is 0 Å². The third-order valence-electron chi connectivity index (χ3n) is 2.92. The van der Waals surface area contributed by atoms with Gasteiger partial charge in [-0.1, -0.05) is 31.3 Å². The van der Waals surface area contributed by atoms with Crippen LogP contribution in [0, 0.1) is 6.92 Å². The van der Waals surface area contributed by atoms with Crippen LogP contribution < -0.4 is 5.32 Å². The Hall–Kier alpha value is -1.49. The lowest BCUT2D eigenvalue weighted by molar-refractivity contribution is 0.759. The molecule has 0 aromatic carbocycles. The van der Waals surface area contributed by atoms with Crippen LogP contribution in [-0.2, 0) is 6.42 Å². The summed E-state index contributed by atoms with van der Waals surface area (Å²) < 4.78 is 0. The molecule has 0 saturated carbocycles. The first-order chi connectivity index (χ1) is 9.06. The minimum Gasteiger partial charge on any atom is -0.357 e. The third-order valence-corrected chi connectivity index (χ3v) is 4.08. The number of pyridine rings is 1. The molecule has 0 aliphatic rings. The molecule has 0 bridgehead atoms. The smallest absolute Gasteiger partial charge is 0.205 e. The first-order valence-electron chi connectivity index (χ1n) is 6.56. The fourth-order valence-electron chi connectivity index (χ4n) is 1.81. The van der Waals surface area contributed by atoms with Gasteiger partial charge >= 0.3 is 0 Å². The normalized spacial score (nSPS) is 12.7. The standard InChI is InChI=1S/C14H20N4S/c1-9(2)13-17-18-14(19-13)16-11(4)8-12-10(3)6-5-7-15-12/h5-7,9,11H,8H2,1-4H3,(H,16,18)/t11-/m0/s1. The molecule has 5 heteroatoms. The van der Waals surface area contributed by atoms with Gasteiger partial charge in [-0.25, -0.2) is 0 Å². The number of rotatable bonds is 5. The van der Waals surface area contributed by atoms with E-state index in [1.807, 2.05) is 12.3 Å². The van der Waals surface area contributed by atoms with Crippen LogP contribution in [0.25, 0.3) is 0 Å². The fraction of sp³-hybridized carbons (Fsp3) is 0.500. The molecule has 1 N–H and O–H groups in total. The summed E-state index contributed by atoms with van der Waals surface area (Å²) in [5, 5.41) is 13.7. The van der Waals surface area contributed by atoms with Gasteiger partial charge in [0.15, 0.2) is 0 Å². The second-order valence-electron chi connectivity index (χ2n) is 5.12. The highest BCUT2D eigenvalue weighted by molar-refractivity contribution is 7.15.